The van der Waals surface area contributed by atoms with Crippen molar-refractivity contribution in [2.24, 2.45) is 23.7 Å². The molecule has 0 fully saturated rings. The van der Waals surface area contributed by atoms with Crippen molar-refractivity contribution in [2.75, 3.05) is 0 Å². The number of benzene rings is 2. The minimum absolute atomic E-state index is 0.0834. The van der Waals surface area contributed by atoms with Crippen LogP contribution in [0, 0.1) is 23.7 Å². The van der Waals surface area contributed by atoms with E-state index in [1.54, 1.807) is 18.2 Å². The smallest absolute Gasteiger partial charge is 0.376 e. The summed E-state index contributed by atoms with van der Waals surface area (Å²) in [6.45, 7) is 11.1. The molecule has 1 aliphatic rings. The third kappa shape index (κ3) is 5.82. The maximum absolute atomic E-state index is 13.8. The summed E-state index contributed by atoms with van der Waals surface area (Å²) in [5, 5.41) is 3.85. The summed E-state index contributed by atoms with van der Waals surface area (Å²) < 4.78 is 41.4. The first-order valence-electron chi connectivity index (χ1n) is 12.9. The number of hydrogen-bond acceptors (Lipinski definition) is 2. The summed E-state index contributed by atoms with van der Waals surface area (Å²) in [5.74, 6) is 1.38. The molecular formula is C32H35F3N2. The summed E-state index contributed by atoms with van der Waals surface area (Å²) in [6, 6.07) is 20.7. The first-order chi connectivity index (χ1) is 17.6. The Hall–Kier alpha value is -3.34. The fourth-order valence-corrected chi connectivity index (χ4v) is 5.39. The van der Waals surface area contributed by atoms with Gasteiger partial charge in [-0.3, -0.25) is 4.98 Å². The van der Waals surface area contributed by atoms with Gasteiger partial charge in [0.1, 0.15) is 0 Å². The third-order valence-electron chi connectivity index (χ3n) is 7.14. The van der Waals surface area contributed by atoms with Crippen molar-refractivity contribution >= 4 is 0 Å². The summed E-state index contributed by atoms with van der Waals surface area (Å²) in [4.78, 5) is 4.82. The van der Waals surface area contributed by atoms with E-state index in [2.05, 4.69) is 52.1 Å². The van der Waals surface area contributed by atoms with Crippen molar-refractivity contribution < 1.29 is 13.2 Å². The van der Waals surface area contributed by atoms with Gasteiger partial charge in [0.2, 0.25) is 0 Å². The molecule has 0 radical (unpaired) electrons. The zero-order valence-corrected chi connectivity index (χ0v) is 22.1. The van der Waals surface area contributed by atoms with Crippen molar-refractivity contribution in [1.82, 2.24) is 10.3 Å². The van der Waals surface area contributed by atoms with Gasteiger partial charge in [0.25, 0.3) is 0 Å². The predicted molar refractivity (Wildman–Crippen MR) is 145 cm³/mol. The zero-order valence-electron chi connectivity index (χ0n) is 22.1. The number of hydrogen-bond donors (Lipinski definition) is 1. The lowest BCUT2D eigenvalue weighted by atomic mass is 9.75. The Balaban J connectivity index is 1.85. The summed E-state index contributed by atoms with van der Waals surface area (Å²) in [5.41, 5.74) is 3.86. The van der Waals surface area contributed by atoms with Crippen molar-refractivity contribution in [3.63, 3.8) is 0 Å². The number of alkyl halides is 3. The highest BCUT2D eigenvalue weighted by Gasteiger charge is 2.34. The lowest BCUT2D eigenvalue weighted by Gasteiger charge is -2.37. The third-order valence-corrected chi connectivity index (χ3v) is 7.14. The quantitative estimate of drug-likeness (QED) is 0.348. The molecule has 5 heteroatoms. The monoisotopic (exact) mass is 504 g/mol. The number of rotatable bonds is 7. The molecule has 2 nitrogen and oxygen atoms in total. The number of nitrogens with one attached hydrogen (secondary N) is 1. The Morgan fingerprint density at radius 3 is 2.16 bits per heavy atom. The molecule has 0 saturated carbocycles. The van der Waals surface area contributed by atoms with Crippen LogP contribution in [0.1, 0.15) is 57.5 Å². The van der Waals surface area contributed by atoms with Gasteiger partial charge in [0, 0.05) is 17.2 Å². The van der Waals surface area contributed by atoms with Crippen LogP contribution in [0.3, 0.4) is 0 Å². The number of nitrogens with zero attached hydrogens (tertiary/aromatic N) is 1. The Morgan fingerprint density at radius 1 is 0.838 bits per heavy atom. The van der Waals surface area contributed by atoms with Crippen LogP contribution in [0.2, 0.25) is 0 Å². The predicted octanol–water partition coefficient (Wildman–Crippen LogP) is 8.83. The van der Waals surface area contributed by atoms with Crippen LogP contribution in [-0.4, -0.2) is 4.98 Å². The van der Waals surface area contributed by atoms with Gasteiger partial charge >= 0.3 is 6.18 Å². The SMILES string of the molecule is CC(C)C1=C(NC(c2ccccc2)c2cccc(-c3ccccc3C(F)(F)F)n2)C(C(C)C)[C@@H](C)C=C1. The Labute approximate surface area is 218 Å². The van der Waals surface area contributed by atoms with Gasteiger partial charge in [-0.25, -0.2) is 0 Å². The van der Waals surface area contributed by atoms with Crippen molar-refractivity contribution in [2.45, 2.75) is 46.8 Å². The highest BCUT2D eigenvalue weighted by atomic mass is 19.4. The van der Waals surface area contributed by atoms with Crippen LogP contribution < -0.4 is 5.32 Å². The van der Waals surface area contributed by atoms with E-state index >= 15 is 0 Å². The lowest BCUT2D eigenvalue weighted by molar-refractivity contribution is -0.137. The molecule has 1 aliphatic carbocycles. The standard InChI is InChI=1S/C32H35F3N2/c1-20(2)24-19-18-22(5)29(21(3)4)31(24)37-30(23-12-7-6-8-13-23)28-17-11-16-27(36-28)25-14-9-10-15-26(25)32(33,34)35/h6-22,29-30,37H,1-5H3/t22-,29?,30?/m0/s1. The molecule has 0 bridgehead atoms. The second-order valence-corrected chi connectivity index (χ2v) is 10.5. The maximum Gasteiger partial charge on any atom is 0.417 e. The van der Waals surface area contributed by atoms with E-state index in [1.807, 2.05) is 36.4 Å². The fraction of sp³-hybridized carbons (Fsp3) is 0.344. The zero-order chi connectivity index (χ0) is 26.7. The molecule has 3 aromatic rings. The number of pyridine rings is 1. The molecular weight excluding hydrogens is 469 g/mol. The molecule has 0 aliphatic heterocycles. The topological polar surface area (TPSA) is 24.9 Å². The number of allylic oxidation sites excluding steroid dienone is 4. The summed E-state index contributed by atoms with van der Waals surface area (Å²) in [7, 11) is 0. The van der Waals surface area contributed by atoms with Gasteiger partial charge in [-0.2, -0.15) is 13.2 Å². The molecule has 1 aromatic heterocycles. The lowest BCUT2D eigenvalue weighted by Crippen LogP contribution is -2.35. The number of halogens is 3. The average Bonchev–Trinajstić information content (AvgIpc) is 2.87. The van der Waals surface area contributed by atoms with Crippen LogP contribution in [0.5, 0.6) is 0 Å². The first kappa shape index (κ1) is 26.7. The van der Waals surface area contributed by atoms with E-state index in [-0.39, 0.29) is 11.6 Å². The molecule has 1 heterocycles. The van der Waals surface area contributed by atoms with Crippen LogP contribution >= 0.6 is 0 Å². The molecule has 0 saturated heterocycles. The van der Waals surface area contributed by atoms with Gasteiger partial charge in [-0.1, -0.05) is 101 Å². The van der Waals surface area contributed by atoms with Gasteiger partial charge in [-0.15, -0.1) is 0 Å². The van der Waals surface area contributed by atoms with E-state index in [0.29, 0.717) is 35.1 Å². The van der Waals surface area contributed by atoms with Crippen molar-refractivity contribution in [3.05, 3.63) is 113 Å². The van der Waals surface area contributed by atoms with E-state index in [9.17, 15) is 13.2 Å². The normalized spacial score (nSPS) is 19.0. The van der Waals surface area contributed by atoms with Crippen molar-refractivity contribution in [1.29, 1.82) is 0 Å². The Kier molecular flexibility index (Phi) is 7.91. The molecule has 3 atom stereocenters. The van der Waals surface area contributed by atoms with Crippen molar-refractivity contribution in [3.8, 4) is 11.3 Å². The minimum atomic E-state index is -4.46. The largest absolute Gasteiger partial charge is 0.417 e. The van der Waals surface area contributed by atoms with Gasteiger partial charge in [-0.05, 0) is 47.1 Å². The van der Waals surface area contributed by atoms with Gasteiger partial charge < -0.3 is 5.32 Å². The Bertz CT molecular complexity index is 1270. The van der Waals surface area contributed by atoms with Crippen LogP contribution in [0.15, 0.2) is 96.2 Å². The second kappa shape index (κ2) is 11.0. The first-order valence-corrected chi connectivity index (χ1v) is 12.9. The van der Waals surface area contributed by atoms with E-state index in [1.165, 1.54) is 23.4 Å². The minimum Gasteiger partial charge on any atom is -0.376 e. The molecule has 1 N–H and O–H groups in total. The average molecular weight is 505 g/mol. The van der Waals surface area contributed by atoms with E-state index in [4.69, 9.17) is 4.98 Å². The molecule has 2 aromatic carbocycles. The summed E-state index contributed by atoms with van der Waals surface area (Å²) in [6.07, 6.45) is 0.0507. The van der Waals surface area contributed by atoms with Crippen LogP contribution in [0.4, 0.5) is 13.2 Å². The Morgan fingerprint density at radius 2 is 1.51 bits per heavy atom. The van der Waals surface area contributed by atoms with Crippen LogP contribution in [0.25, 0.3) is 11.3 Å². The molecule has 2 unspecified atom stereocenters. The van der Waals surface area contributed by atoms with Gasteiger partial charge in [0.05, 0.1) is 23.0 Å². The van der Waals surface area contributed by atoms with Crippen LogP contribution in [-0.2, 0) is 6.18 Å². The highest BCUT2D eigenvalue weighted by Crippen LogP contribution is 2.40. The van der Waals surface area contributed by atoms with Gasteiger partial charge in [0.15, 0.2) is 0 Å². The maximum atomic E-state index is 13.8. The van der Waals surface area contributed by atoms with E-state index < -0.39 is 11.7 Å². The fourth-order valence-electron chi connectivity index (χ4n) is 5.39. The molecule has 0 amide bonds. The van der Waals surface area contributed by atoms with E-state index in [0.717, 1.165) is 11.6 Å². The number of aromatic nitrogens is 1. The molecule has 37 heavy (non-hydrogen) atoms. The molecule has 194 valence electrons. The molecule has 0 spiro atoms. The highest BCUT2D eigenvalue weighted by molar-refractivity contribution is 5.64. The summed E-state index contributed by atoms with van der Waals surface area (Å²) >= 11 is 0. The molecule has 4 rings (SSSR count). The second-order valence-electron chi connectivity index (χ2n) is 10.5.